The van der Waals surface area contributed by atoms with Crippen LogP contribution in [0.15, 0.2) is 24.4 Å². The van der Waals surface area contributed by atoms with Gasteiger partial charge >= 0.3 is 0 Å². The van der Waals surface area contributed by atoms with E-state index in [1.165, 1.54) is 12.8 Å². The third-order valence-corrected chi connectivity index (χ3v) is 7.20. The molecule has 2 aliphatic rings. The van der Waals surface area contributed by atoms with Gasteiger partial charge in [0, 0.05) is 54.9 Å². The van der Waals surface area contributed by atoms with Gasteiger partial charge in [0.2, 0.25) is 5.91 Å². The predicted molar refractivity (Wildman–Crippen MR) is 135 cm³/mol. The van der Waals surface area contributed by atoms with Gasteiger partial charge in [0.05, 0.1) is 0 Å². The first kappa shape index (κ1) is 25.5. The van der Waals surface area contributed by atoms with Crippen LogP contribution < -0.4 is 5.32 Å². The fraction of sp³-hybridized carbons (Fsp3) is 0.600. The molecule has 8 heteroatoms. The standard InChI is InChI=1S/C25H37N5O2.ClH/c1-17(2)23(27-24(31)19-5-6-21-18(3)16-26-22(21)15-19)25(32)30-13-11-29(12-14-30)20-7-9-28(4)10-8-20;/h5-6,15-17,20,23,26H,7-14H2,1-4H3,(H,27,31);1H/t23-;/m1./s1. The van der Waals surface area contributed by atoms with Gasteiger partial charge in [-0.2, -0.15) is 0 Å². The van der Waals surface area contributed by atoms with E-state index in [1.807, 2.05) is 50.1 Å². The first-order valence-corrected chi connectivity index (χ1v) is 11.9. The van der Waals surface area contributed by atoms with Crippen LogP contribution in [-0.4, -0.2) is 89.9 Å². The van der Waals surface area contributed by atoms with Crippen LogP contribution in [0.4, 0.5) is 0 Å². The number of likely N-dealkylation sites (tertiary alicyclic amines) is 1. The van der Waals surface area contributed by atoms with Crippen LogP contribution in [0.25, 0.3) is 10.9 Å². The molecule has 1 atom stereocenters. The highest BCUT2D eigenvalue weighted by atomic mass is 35.5. The molecule has 7 nitrogen and oxygen atoms in total. The van der Waals surface area contributed by atoms with Gasteiger partial charge in [-0.3, -0.25) is 14.5 Å². The lowest BCUT2D eigenvalue weighted by Crippen LogP contribution is -2.58. The number of fused-ring (bicyclic) bond motifs is 1. The molecule has 4 rings (SSSR count). The summed E-state index contributed by atoms with van der Waals surface area (Å²) in [5, 5.41) is 4.13. The molecule has 0 aliphatic carbocycles. The molecule has 2 amide bonds. The first-order valence-electron chi connectivity index (χ1n) is 11.9. The Kier molecular flexibility index (Phi) is 8.43. The maximum atomic E-state index is 13.3. The fourth-order valence-electron chi connectivity index (χ4n) is 5.01. The van der Waals surface area contributed by atoms with Crippen molar-refractivity contribution in [3.63, 3.8) is 0 Å². The topological polar surface area (TPSA) is 71.7 Å². The van der Waals surface area contributed by atoms with Gasteiger partial charge in [-0.15, -0.1) is 12.4 Å². The van der Waals surface area contributed by atoms with Crippen LogP contribution in [-0.2, 0) is 4.79 Å². The number of carbonyl (C=O) groups is 2. The minimum Gasteiger partial charge on any atom is -0.361 e. The summed E-state index contributed by atoms with van der Waals surface area (Å²) in [6.07, 6.45) is 4.36. The van der Waals surface area contributed by atoms with Crippen molar-refractivity contribution in [1.29, 1.82) is 0 Å². The third-order valence-electron chi connectivity index (χ3n) is 7.20. The predicted octanol–water partition coefficient (Wildman–Crippen LogP) is 2.89. The Morgan fingerprint density at radius 2 is 1.73 bits per heavy atom. The van der Waals surface area contributed by atoms with E-state index in [1.54, 1.807) is 0 Å². The average molecular weight is 476 g/mol. The number of H-pyrrole nitrogens is 1. The lowest BCUT2D eigenvalue weighted by atomic mass is 10.0. The van der Waals surface area contributed by atoms with Crippen LogP contribution in [0.1, 0.15) is 42.6 Å². The Morgan fingerprint density at radius 3 is 2.36 bits per heavy atom. The van der Waals surface area contributed by atoms with Gasteiger partial charge in [0.1, 0.15) is 6.04 Å². The van der Waals surface area contributed by atoms with Gasteiger partial charge in [-0.05, 0) is 63.5 Å². The molecule has 2 fully saturated rings. The van der Waals surface area contributed by atoms with Gasteiger partial charge in [-0.25, -0.2) is 0 Å². The maximum absolute atomic E-state index is 13.3. The van der Waals surface area contributed by atoms with Crippen molar-refractivity contribution in [1.82, 2.24) is 25.0 Å². The Morgan fingerprint density at radius 1 is 1.06 bits per heavy atom. The number of piperidine rings is 1. The Hall–Kier alpha value is -2.09. The van der Waals surface area contributed by atoms with Crippen molar-refractivity contribution in [2.24, 2.45) is 5.92 Å². The second-order valence-electron chi connectivity index (χ2n) is 9.82. The Labute approximate surface area is 203 Å². The largest absolute Gasteiger partial charge is 0.361 e. The monoisotopic (exact) mass is 475 g/mol. The fourth-order valence-corrected chi connectivity index (χ4v) is 5.01. The van der Waals surface area contributed by atoms with Crippen molar-refractivity contribution in [2.75, 3.05) is 46.3 Å². The second-order valence-corrected chi connectivity index (χ2v) is 9.82. The number of rotatable bonds is 5. The lowest BCUT2D eigenvalue weighted by Gasteiger charge is -2.43. The Balaban J connectivity index is 0.00000306. The Bertz CT molecular complexity index is 959. The van der Waals surface area contributed by atoms with Gasteiger partial charge in [0.25, 0.3) is 5.91 Å². The summed E-state index contributed by atoms with van der Waals surface area (Å²) in [5.74, 6) is -0.140. The smallest absolute Gasteiger partial charge is 0.252 e. The van der Waals surface area contributed by atoms with Crippen molar-refractivity contribution < 1.29 is 9.59 Å². The minimum absolute atomic E-state index is 0. The number of aromatic nitrogens is 1. The first-order chi connectivity index (χ1) is 15.3. The summed E-state index contributed by atoms with van der Waals surface area (Å²) >= 11 is 0. The van der Waals surface area contributed by atoms with Crippen molar-refractivity contribution in [3.05, 3.63) is 35.5 Å². The number of hydrogen-bond acceptors (Lipinski definition) is 4. The molecule has 2 aliphatic heterocycles. The number of hydrogen-bond donors (Lipinski definition) is 2. The number of piperazine rings is 1. The molecule has 0 unspecified atom stereocenters. The molecule has 33 heavy (non-hydrogen) atoms. The van der Waals surface area contributed by atoms with Gasteiger partial charge in [0.15, 0.2) is 0 Å². The number of carbonyl (C=O) groups excluding carboxylic acids is 2. The van der Waals surface area contributed by atoms with E-state index in [4.69, 9.17) is 0 Å². The van der Waals surface area contributed by atoms with E-state index < -0.39 is 6.04 Å². The highest BCUT2D eigenvalue weighted by Crippen LogP contribution is 2.20. The zero-order valence-electron chi connectivity index (χ0n) is 20.3. The lowest BCUT2D eigenvalue weighted by molar-refractivity contribution is -0.136. The highest BCUT2D eigenvalue weighted by Gasteiger charge is 2.33. The number of benzene rings is 1. The number of halogens is 1. The maximum Gasteiger partial charge on any atom is 0.252 e. The number of aromatic amines is 1. The summed E-state index contributed by atoms with van der Waals surface area (Å²) in [6, 6.07) is 5.78. The molecule has 1 aromatic carbocycles. The van der Waals surface area contributed by atoms with Crippen LogP contribution >= 0.6 is 12.4 Å². The molecule has 2 N–H and O–H groups in total. The number of amides is 2. The zero-order chi connectivity index (χ0) is 22.8. The minimum atomic E-state index is -0.515. The van der Waals surface area contributed by atoms with E-state index >= 15 is 0 Å². The summed E-state index contributed by atoms with van der Waals surface area (Å²) in [5.41, 5.74) is 2.67. The van der Waals surface area contributed by atoms with Crippen molar-refractivity contribution >= 4 is 35.1 Å². The van der Waals surface area contributed by atoms with Crippen LogP contribution in [0.5, 0.6) is 0 Å². The summed E-state index contributed by atoms with van der Waals surface area (Å²) in [4.78, 5) is 36.4. The molecule has 3 heterocycles. The van der Waals surface area contributed by atoms with Gasteiger partial charge in [-0.1, -0.05) is 19.9 Å². The van der Waals surface area contributed by atoms with Gasteiger partial charge < -0.3 is 20.1 Å². The van der Waals surface area contributed by atoms with Crippen molar-refractivity contribution in [3.8, 4) is 0 Å². The molecule has 0 radical (unpaired) electrons. The molecular weight excluding hydrogens is 438 g/mol. The van der Waals surface area contributed by atoms with E-state index in [0.717, 1.165) is 55.7 Å². The summed E-state index contributed by atoms with van der Waals surface area (Å²) < 4.78 is 0. The summed E-state index contributed by atoms with van der Waals surface area (Å²) in [7, 11) is 2.18. The van der Waals surface area contributed by atoms with E-state index in [9.17, 15) is 9.59 Å². The highest BCUT2D eigenvalue weighted by molar-refractivity contribution is 6.00. The average Bonchev–Trinajstić information content (AvgIpc) is 3.17. The molecule has 1 aromatic heterocycles. The second kappa shape index (κ2) is 10.9. The number of nitrogens with zero attached hydrogens (tertiary/aromatic N) is 3. The number of nitrogens with one attached hydrogen (secondary N) is 2. The number of aryl methyl sites for hydroxylation is 1. The molecule has 182 valence electrons. The van der Waals surface area contributed by atoms with Crippen LogP contribution in [0.2, 0.25) is 0 Å². The molecule has 0 bridgehead atoms. The van der Waals surface area contributed by atoms with Crippen molar-refractivity contribution in [2.45, 2.75) is 45.7 Å². The van der Waals surface area contributed by atoms with Crippen LogP contribution in [0, 0.1) is 12.8 Å². The van der Waals surface area contributed by atoms with Crippen LogP contribution in [0.3, 0.4) is 0 Å². The van der Waals surface area contributed by atoms with E-state index in [0.29, 0.717) is 11.6 Å². The molecular formula is C25H38ClN5O2. The molecule has 0 saturated carbocycles. The SMILES string of the molecule is Cc1c[nH]c2cc(C(=O)N[C@@H](C(=O)N3CCN(C4CCN(C)CC4)CC3)C(C)C)ccc12.Cl. The normalized spacial score (nSPS) is 19.5. The quantitative estimate of drug-likeness (QED) is 0.697. The molecule has 0 spiro atoms. The summed E-state index contributed by atoms with van der Waals surface area (Å²) in [6.45, 7) is 11.6. The van der Waals surface area contributed by atoms with E-state index in [2.05, 4.69) is 27.1 Å². The molecule has 2 saturated heterocycles. The molecule has 2 aromatic rings. The van der Waals surface area contributed by atoms with E-state index in [-0.39, 0.29) is 30.1 Å². The third kappa shape index (κ3) is 5.70. The zero-order valence-corrected chi connectivity index (χ0v) is 21.1.